The van der Waals surface area contributed by atoms with Crippen LogP contribution in [0.25, 0.3) is 0 Å². The van der Waals surface area contributed by atoms with Crippen molar-refractivity contribution in [1.29, 1.82) is 0 Å². The number of urea groups is 1. The third-order valence-corrected chi connectivity index (χ3v) is 4.03. The van der Waals surface area contributed by atoms with Crippen molar-refractivity contribution in [3.63, 3.8) is 0 Å². The highest BCUT2D eigenvalue weighted by Crippen LogP contribution is 2.27. The highest BCUT2D eigenvalue weighted by molar-refractivity contribution is 6.04. The standard InChI is InChI=1S/C15H18N2O2/c1-11-4-6-12(7-5-11)8-10-17-14(18)13-3-2-9-16(13)15(17)19/h4-7,13H,2-3,8-10H2,1H3/t13-/m0/s1. The number of rotatable bonds is 3. The van der Waals surface area contributed by atoms with Crippen LogP contribution in [0, 0.1) is 6.92 Å². The van der Waals surface area contributed by atoms with Gasteiger partial charge in [0.25, 0.3) is 5.91 Å². The molecular formula is C15H18N2O2. The van der Waals surface area contributed by atoms with E-state index in [-0.39, 0.29) is 18.0 Å². The number of aryl methyl sites for hydroxylation is 1. The van der Waals surface area contributed by atoms with E-state index in [9.17, 15) is 9.59 Å². The minimum absolute atomic E-state index is 0.00499. The molecule has 2 heterocycles. The van der Waals surface area contributed by atoms with Gasteiger partial charge in [-0.1, -0.05) is 29.8 Å². The highest BCUT2D eigenvalue weighted by atomic mass is 16.2. The van der Waals surface area contributed by atoms with Gasteiger partial charge in [0.05, 0.1) is 0 Å². The molecule has 2 fully saturated rings. The van der Waals surface area contributed by atoms with Crippen molar-refractivity contribution >= 4 is 11.9 Å². The van der Waals surface area contributed by atoms with Gasteiger partial charge < -0.3 is 4.90 Å². The zero-order chi connectivity index (χ0) is 13.4. The fourth-order valence-corrected chi connectivity index (χ4v) is 2.88. The Kier molecular flexibility index (Phi) is 3.01. The zero-order valence-corrected chi connectivity index (χ0v) is 11.1. The maximum Gasteiger partial charge on any atom is 0.327 e. The van der Waals surface area contributed by atoms with Crippen LogP contribution in [0.2, 0.25) is 0 Å². The van der Waals surface area contributed by atoms with Gasteiger partial charge in [0.1, 0.15) is 6.04 Å². The lowest BCUT2D eigenvalue weighted by atomic mass is 10.1. The van der Waals surface area contributed by atoms with Crippen molar-refractivity contribution < 1.29 is 9.59 Å². The third-order valence-electron chi connectivity index (χ3n) is 4.03. The predicted octanol–water partition coefficient (Wildman–Crippen LogP) is 1.96. The summed E-state index contributed by atoms with van der Waals surface area (Å²) in [6.07, 6.45) is 2.51. The molecule has 0 unspecified atom stereocenters. The number of carbonyl (C=O) groups excluding carboxylic acids is 2. The van der Waals surface area contributed by atoms with Crippen LogP contribution in [0.1, 0.15) is 24.0 Å². The molecule has 3 amide bonds. The summed E-state index contributed by atoms with van der Waals surface area (Å²) >= 11 is 0. The molecule has 3 rings (SSSR count). The van der Waals surface area contributed by atoms with Crippen molar-refractivity contribution in [2.24, 2.45) is 0 Å². The van der Waals surface area contributed by atoms with E-state index in [1.807, 2.05) is 6.92 Å². The smallest absolute Gasteiger partial charge is 0.312 e. The average molecular weight is 258 g/mol. The molecule has 0 bridgehead atoms. The highest BCUT2D eigenvalue weighted by Gasteiger charge is 2.46. The van der Waals surface area contributed by atoms with Gasteiger partial charge in [-0.2, -0.15) is 0 Å². The zero-order valence-electron chi connectivity index (χ0n) is 11.1. The third kappa shape index (κ3) is 2.11. The largest absolute Gasteiger partial charge is 0.327 e. The SMILES string of the molecule is Cc1ccc(CCN2C(=O)[C@@H]3CCCN3C2=O)cc1. The fraction of sp³-hybridized carbons (Fsp3) is 0.467. The fourth-order valence-electron chi connectivity index (χ4n) is 2.88. The Hall–Kier alpha value is -1.84. The first-order valence-corrected chi connectivity index (χ1v) is 6.84. The maximum atomic E-state index is 12.1. The second-order valence-electron chi connectivity index (χ2n) is 5.36. The lowest BCUT2D eigenvalue weighted by molar-refractivity contribution is -0.127. The van der Waals surface area contributed by atoms with Crippen LogP contribution in [0.3, 0.4) is 0 Å². The van der Waals surface area contributed by atoms with Crippen LogP contribution in [-0.4, -0.2) is 40.9 Å². The Bertz CT molecular complexity index is 487. The summed E-state index contributed by atoms with van der Waals surface area (Å²) in [7, 11) is 0. The molecule has 4 nitrogen and oxygen atoms in total. The molecule has 19 heavy (non-hydrogen) atoms. The number of fused-ring (bicyclic) bond motifs is 1. The number of amides is 3. The lowest BCUT2D eigenvalue weighted by Gasteiger charge is -2.15. The number of imide groups is 1. The van der Waals surface area contributed by atoms with Crippen LogP contribution >= 0.6 is 0 Å². The van der Waals surface area contributed by atoms with Gasteiger partial charge in [-0.25, -0.2) is 4.79 Å². The topological polar surface area (TPSA) is 40.6 Å². The van der Waals surface area contributed by atoms with Crippen LogP contribution in [0.15, 0.2) is 24.3 Å². The molecule has 1 aromatic carbocycles. The number of nitrogens with zero attached hydrogens (tertiary/aromatic N) is 2. The van der Waals surface area contributed by atoms with Gasteiger partial charge in [-0.15, -0.1) is 0 Å². The van der Waals surface area contributed by atoms with Crippen LogP contribution < -0.4 is 0 Å². The van der Waals surface area contributed by atoms with Gasteiger partial charge >= 0.3 is 6.03 Å². The van der Waals surface area contributed by atoms with E-state index in [4.69, 9.17) is 0 Å². The summed E-state index contributed by atoms with van der Waals surface area (Å²) in [5, 5.41) is 0. The molecule has 2 aliphatic heterocycles. The summed E-state index contributed by atoms with van der Waals surface area (Å²) in [4.78, 5) is 27.4. The first-order valence-electron chi connectivity index (χ1n) is 6.84. The molecule has 2 saturated heterocycles. The summed E-state index contributed by atoms with van der Waals surface area (Å²) in [6, 6.07) is 7.95. The molecule has 4 heteroatoms. The first kappa shape index (κ1) is 12.2. The van der Waals surface area contributed by atoms with Crippen LogP contribution in [0.5, 0.6) is 0 Å². The Morgan fingerprint density at radius 3 is 2.63 bits per heavy atom. The molecule has 0 spiro atoms. The van der Waals surface area contributed by atoms with Gasteiger partial charge in [-0.3, -0.25) is 9.69 Å². The second kappa shape index (κ2) is 4.68. The van der Waals surface area contributed by atoms with Crippen molar-refractivity contribution in [2.45, 2.75) is 32.2 Å². The molecule has 2 aliphatic rings. The van der Waals surface area contributed by atoms with E-state index < -0.39 is 0 Å². The molecule has 0 aliphatic carbocycles. The first-order chi connectivity index (χ1) is 9.16. The summed E-state index contributed by atoms with van der Waals surface area (Å²) in [5.41, 5.74) is 2.39. The molecule has 0 aromatic heterocycles. The quantitative estimate of drug-likeness (QED) is 0.778. The average Bonchev–Trinajstić information content (AvgIpc) is 2.96. The minimum atomic E-state index is -0.175. The normalized spacial score (nSPS) is 22.3. The summed E-state index contributed by atoms with van der Waals surface area (Å²) < 4.78 is 0. The van der Waals surface area contributed by atoms with E-state index >= 15 is 0 Å². The minimum Gasteiger partial charge on any atom is -0.312 e. The molecule has 1 atom stereocenters. The van der Waals surface area contributed by atoms with E-state index in [1.165, 1.54) is 16.0 Å². The van der Waals surface area contributed by atoms with E-state index in [0.717, 1.165) is 25.8 Å². The van der Waals surface area contributed by atoms with Crippen molar-refractivity contribution in [2.75, 3.05) is 13.1 Å². The molecule has 0 saturated carbocycles. The van der Waals surface area contributed by atoms with E-state index in [0.29, 0.717) is 6.54 Å². The summed E-state index contributed by atoms with van der Waals surface area (Å²) in [5.74, 6) is -0.00499. The molecular weight excluding hydrogens is 240 g/mol. The Morgan fingerprint density at radius 1 is 1.21 bits per heavy atom. The monoisotopic (exact) mass is 258 g/mol. The van der Waals surface area contributed by atoms with Crippen molar-refractivity contribution in [3.05, 3.63) is 35.4 Å². The van der Waals surface area contributed by atoms with Gasteiger partial charge in [0, 0.05) is 13.1 Å². The number of hydrogen-bond donors (Lipinski definition) is 0. The van der Waals surface area contributed by atoms with E-state index in [2.05, 4.69) is 24.3 Å². The lowest BCUT2D eigenvalue weighted by Crippen LogP contribution is -2.34. The molecule has 100 valence electrons. The Labute approximate surface area is 113 Å². The summed E-state index contributed by atoms with van der Waals surface area (Å²) in [6.45, 7) is 3.27. The van der Waals surface area contributed by atoms with Crippen LogP contribution in [0.4, 0.5) is 4.79 Å². The van der Waals surface area contributed by atoms with Crippen LogP contribution in [-0.2, 0) is 11.2 Å². The van der Waals surface area contributed by atoms with Gasteiger partial charge in [-0.05, 0) is 31.7 Å². The number of carbonyl (C=O) groups is 2. The van der Waals surface area contributed by atoms with Crippen molar-refractivity contribution in [3.8, 4) is 0 Å². The van der Waals surface area contributed by atoms with E-state index in [1.54, 1.807) is 4.90 Å². The van der Waals surface area contributed by atoms with Gasteiger partial charge in [0.15, 0.2) is 0 Å². The van der Waals surface area contributed by atoms with Crippen molar-refractivity contribution in [1.82, 2.24) is 9.80 Å². The number of benzene rings is 1. The Balaban J connectivity index is 1.66. The van der Waals surface area contributed by atoms with Gasteiger partial charge in [0.2, 0.25) is 0 Å². The molecule has 0 radical (unpaired) electrons. The Morgan fingerprint density at radius 2 is 1.95 bits per heavy atom. The maximum absolute atomic E-state index is 12.1. The predicted molar refractivity (Wildman–Crippen MR) is 71.7 cm³/mol. The molecule has 0 N–H and O–H groups in total. The number of hydrogen-bond acceptors (Lipinski definition) is 2. The second-order valence-corrected chi connectivity index (χ2v) is 5.36. The molecule has 1 aromatic rings.